The number of imidazole rings is 1. The number of carbonyl (C=O) groups is 1. The summed E-state index contributed by atoms with van der Waals surface area (Å²) in [5.41, 5.74) is -0.396. The maximum absolute atomic E-state index is 13.4. The zero-order chi connectivity index (χ0) is 21.4. The van der Waals surface area contributed by atoms with Crippen molar-refractivity contribution in [3.63, 3.8) is 0 Å². The predicted octanol–water partition coefficient (Wildman–Crippen LogP) is 0.150. The smallest absolute Gasteiger partial charge is 0.332 e. The Morgan fingerprint density at radius 2 is 1.93 bits per heavy atom. The minimum atomic E-state index is -0.463. The Morgan fingerprint density at radius 1 is 1.20 bits per heavy atom. The van der Waals surface area contributed by atoms with Gasteiger partial charge in [-0.2, -0.15) is 0 Å². The third kappa shape index (κ3) is 3.58. The first-order valence-corrected chi connectivity index (χ1v) is 9.98. The molecule has 10 heteroatoms. The first kappa shape index (κ1) is 20.1. The number of aryl methyl sites for hydroxylation is 1. The van der Waals surface area contributed by atoms with E-state index in [2.05, 4.69) is 16.9 Å². The minimum absolute atomic E-state index is 0.0308. The van der Waals surface area contributed by atoms with Crippen molar-refractivity contribution < 1.29 is 9.21 Å². The summed E-state index contributed by atoms with van der Waals surface area (Å²) in [6.45, 7) is 2.19. The van der Waals surface area contributed by atoms with Gasteiger partial charge in [0.05, 0.1) is 19.1 Å². The molecule has 3 aromatic heterocycles. The Labute approximate surface area is 172 Å². The summed E-state index contributed by atoms with van der Waals surface area (Å²) in [6, 6.07) is 3.76. The quantitative estimate of drug-likeness (QED) is 0.589. The molecule has 0 saturated carbocycles. The number of nitrogens with zero attached hydrogens (tertiary/aromatic N) is 6. The van der Waals surface area contributed by atoms with Crippen LogP contribution in [0.5, 0.6) is 0 Å². The third-order valence-electron chi connectivity index (χ3n) is 5.88. The van der Waals surface area contributed by atoms with Crippen molar-refractivity contribution in [3.05, 3.63) is 51.3 Å². The zero-order valence-electron chi connectivity index (χ0n) is 17.4. The highest BCUT2D eigenvalue weighted by molar-refractivity contribution is 5.79. The van der Waals surface area contributed by atoms with Gasteiger partial charge in [0.15, 0.2) is 11.2 Å². The van der Waals surface area contributed by atoms with Gasteiger partial charge >= 0.3 is 5.69 Å². The van der Waals surface area contributed by atoms with Crippen molar-refractivity contribution in [2.24, 2.45) is 14.1 Å². The first-order chi connectivity index (χ1) is 14.4. The Hall–Kier alpha value is -3.14. The second-order valence-corrected chi connectivity index (χ2v) is 7.89. The Morgan fingerprint density at radius 3 is 2.60 bits per heavy atom. The van der Waals surface area contributed by atoms with E-state index in [-0.39, 0.29) is 29.7 Å². The second-order valence-electron chi connectivity index (χ2n) is 7.89. The van der Waals surface area contributed by atoms with Crippen molar-refractivity contribution in [1.29, 1.82) is 0 Å². The van der Waals surface area contributed by atoms with Gasteiger partial charge in [0.2, 0.25) is 5.91 Å². The van der Waals surface area contributed by atoms with E-state index in [9.17, 15) is 14.4 Å². The molecule has 0 aromatic carbocycles. The first-order valence-electron chi connectivity index (χ1n) is 9.98. The average Bonchev–Trinajstić information content (AvgIpc) is 3.39. The van der Waals surface area contributed by atoms with E-state index in [1.165, 1.54) is 22.5 Å². The molecule has 0 N–H and O–H groups in total. The topological polar surface area (TPSA) is 98.5 Å². The maximum atomic E-state index is 13.4. The van der Waals surface area contributed by atoms with Gasteiger partial charge in [-0.1, -0.05) is 0 Å². The van der Waals surface area contributed by atoms with Crippen molar-refractivity contribution in [2.45, 2.75) is 32.0 Å². The summed E-state index contributed by atoms with van der Waals surface area (Å²) in [5, 5.41) is 0. The lowest BCUT2D eigenvalue weighted by atomic mass is 10.0. The summed E-state index contributed by atoms with van der Waals surface area (Å²) in [7, 11) is 5.06. The lowest BCUT2D eigenvalue weighted by Crippen LogP contribution is -2.47. The molecule has 1 saturated heterocycles. The van der Waals surface area contributed by atoms with Gasteiger partial charge in [0.25, 0.3) is 5.56 Å². The van der Waals surface area contributed by atoms with Crippen molar-refractivity contribution >= 4 is 17.1 Å². The molecule has 1 aliphatic heterocycles. The predicted molar refractivity (Wildman–Crippen MR) is 110 cm³/mol. The molecule has 30 heavy (non-hydrogen) atoms. The second kappa shape index (κ2) is 7.94. The monoisotopic (exact) mass is 414 g/mol. The molecule has 0 aliphatic carbocycles. The molecule has 10 nitrogen and oxygen atoms in total. The minimum Gasteiger partial charge on any atom is -0.467 e. The standard InChI is InChI=1S/C20H26N6O4/c1-22-8-6-14(7-9-22)26(11-15-5-4-10-30-15)16(27)12-25-13-21-18-17(25)19(28)24(3)20(29)23(18)2/h4-5,10,13-14H,6-9,11-12H2,1-3H3. The van der Waals surface area contributed by atoms with Crippen LogP contribution in [0.2, 0.25) is 0 Å². The number of carbonyl (C=O) groups excluding carboxylic acids is 1. The van der Waals surface area contributed by atoms with E-state index < -0.39 is 11.2 Å². The fraction of sp³-hybridized carbons (Fsp3) is 0.500. The molecule has 1 amide bonds. The van der Waals surface area contributed by atoms with Crippen LogP contribution in [0.15, 0.2) is 38.7 Å². The molecular formula is C20H26N6O4. The lowest BCUT2D eigenvalue weighted by molar-refractivity contribution is -0.136. The molecule has 160 valence electrons. The SMILES string of the molecule is CN1CCC(N(Cc2ccco2)C(=O)Cn2cnc3c2c(=O)n(C)c(=O)n3C)CC1. The van der Waals surface area contributed by atoms with E-state index >= 15 is 0 Å². The van der Waals surface area contributed by atoms with Crippen LogP contribution in [0.1, 0.15) is 18.6 Å². The molecule has 0 unspecified atom stereocenters. The lowest BCUT2D eigenvalue weighted by Gasteiger charge is -2.37. The van der Waals surface area contributed by atoms with Crippen LogP contribution in [0.4, 0.5) is 0 Å². The number of amides is 1. The fourth-order valence-corrected chi connectivity index (χ4v) is 4.05. The molecule has 0 bridgehead atoms. The van der Waals surface area contributed by atoms with Crippen molar-refractivity contribution in [1.82, 2.24) is 28.5 Å². The Bertz CT molecular complexity index is 1160. The summed E-state index contributed by atoms with van der Waals surface area (Å²) in [6.07, 6.45) is 4.80. The Balaban J connectivity index is 1.65. The third-order valence-corrected chi connectivity index (χ3v) is 5.88. The number of furan rings is 1. The zero-order valence-corrected chi connectivity index (χ0v) is 17.4. The summed E-state index contributed by atoms with van der Waals surface area (Å²) in [5.74, 6) is 0.604. The number of likely N-dealkylation sites (tertiary alicyclic amines) is 1. The molecular weight excluding hydrogens is 388 g/mol. The largest absolute Gasteiger partial charge is 0.467 e. The van der Waals surface area contributed by atoms with Crippen LogP contribution < -0.4 is 11.2 Å². The molecule has 0 radical (unpaired) electrons. The number of hydrogen-bond donors (Lipinski definition) is 0. The number of rotatable bonds is 5. The van der Waals surface area contributed by atoms with Crippen LogP contribution in [-0.2, 0) is 32.0 Å². The summed E-state index contributed by atoms with van der Waals surface area (Å²) < 4.78 is 9.36. The van der Waals surface area contributed by atoms with Crippen molar-refractivity contribution in [3.8, 4) is 0 Å². The normalized spacial score (nSPS) is 15.7. The van der Waals surface area contributed by atoms with Gasteiger partial charge in [0, 0.05) is 20.1 Å². The molecule has 1 fully saturated rings. The molecule has 1 aliphatic rings. The molecule has 3 aromatic rings. The highest BCUT2D eigenvalue weighted by atomic mass is 16.3. The summed E-state index contributed by atoms with van der Waals surface area (Å²) in [4.78, 5) is 46.5. The van der Waals surface area contributed by atoms with E-state index in [4.69, 9.17) is 4.42 Å². The van der Waals surface area contributed by atoms with Crippen LogP contribution in [0.3, 0.4) is 0 Å². The summed E-state index contributed by atoms with van der Waals surface area (Å²) >= 11 is 0. The maximum Gasteiger partial charge on any atom is 0.332 e. The van der Waals surface area contributed by atoms with Gasteiger partial charge in [-0.25, -0.2) is 9.78 Å². The molecule has 4 rings (SSSR count). The van der Waals surface area contributed by atoms with E-state index in [0.29, 0.717) is 6.54 Å². The molecule has 0 spiro atoms. The van der Waals surface area contributed by atoms with Gasteiger partial charge in [0.1, 0.15) is 12.3 Å². The van der Waals surface area contributed by atoms with Gasteiger partial charge in [-0.05, 0) is 45.1 Å². The van der Waals surface area contributed by atoms with Crippen molar-refractivity contribution in [2.75, 3.05) is 20.1 Å². The van der Waals surface area contributed by atoms with Gasteiger partial charge in [-0.3, -0.25) is 18.7 Å². The number of piperidine rings is 1. The van der Waals surface area contributed by atoms with Gasteiger partial charge < -0.3 is 18.8 Å². The average molecular weight is 414 g/mol. The van der Waals surface area contributed by atoms with E-state index in [0.717, 1.165) is 36.3 Å². The number of hydrogen-bond acceptors (Lipinski definition) is 6. The van der Waals surface area contributed by atoms with E-state index in [1.54, 1.807) is 19.4 Å². The Kier molecular flexibility index (Phi) is 5.33. The number of aromatic nitrogens is 4. The number of fused-ring (bicyclic) bond motifs is 1. The van der Waals surface area contributed by atoms with Crippen LogP contribution in [0, 0.1) is 0 Å². The highest BCUT2D eigenvalue weighted by Gasteiger charge is 2.28. The highest BCUT2D eigenvalue weighted by Crippen LogP contribution is 2.20. The van der Waals surface area contributed by atoms with E-state index in [1.807, 2.05) is 11.0 Å². The molecule has 0 atom stereocenters. The van der Waals surface area contributed by atoms with Crippen LogP contribution in [0.25, 0.3) is 11.2 Å². The molecule has 4 heterocycles. The van der Waals surface area contributed by atoms with Crippen LogP contribution >= 0.6 is 0 Å². The fourth-order valence-electron chi connectivity index (χ4n) is 4.05. The van der Waals surface area contributed by atoms with Gasteiger partial charge in [-0.15, -0.1) is 0 Å². The van der Waals surface area contributed by atoms with Crippen LogP contribution in [-0.4, -0.2) is 60.6 Å².